The number of furan rings is 1. The Morgan fingerprint density at radius 1 is 1.46 bits per heavy atom. The third-order valence-corrected chi connectivity index (χ3v) is 6.28. The average Bonchev–Trinajstić information content (AvgIpc) is 2.88. The van der Waals surface area contributed by atoms with Crippen LogP contribution in [0.15, 0.2) is 15.4 Å². The zero-order chi connectivity index (χ0) is 17.4. The van der Waals surface area contributed by atoms with Crippen molar-refractivity contribution >= 4 is 28.3 Å². The van der Waals surface area contributed by atoms with Gasteiger partial charge in [-0.05, 0) is 25.7 Å². The average molecular weight is 380 g/mol. The molecule has 2 N–H and O–H groups in total. The Kier molecular flexibility index (Phi) is 6.86. The number of halogens is 1. The van der Waals surface area contributed by atoms with E-state index in [1.54, 1.807) is 11.8 Å². The molecule has 1 aliphatic rings. The number of amides is 1. The molecule has 0 radical (unpaired) electrons. The summed E-state index contributed by atoms with van der Waals surface area (Å²) >= 11 is 0. The largest absolute Gasteiger partial charge is 0.455 e. The van der Waals surface area contributed by atoms with E-state index >= 15 is 0 Å². The van der Waals surface area contributed by atoms with Crippen molar-refractivity contribution in [3.05, 3.63) is 17.6 Å². The molecule has 0 aliphatic carbocycles. The zero-order valence-corrected chi connectivity index (χ0v) is 16.1. The standard InChI is InChI=1S/C15H25N3O4S.ClH/c1-10-5-6-18(12(7-10)9-16)15(19)13-8-14(11(2)22-13)23(20,21)17(3)4;/h8,10,12H,5-7,9,16H2,1-4H3;1H. The van der Waals surface area contributed by atoms with Crippen LogP contribution in [0.5, 0.6) is 0 Å². The molecule has 138 valence electrons. The quantitative estimate of drug-likeness (QED) is 0.854. The summed E-state index contributed by atoms with van der Waals surface area (Å²) < 4.78 is 31.0. The zero-order valence-electron chi connectivity index (χ0n) is 14.5. The van der Waals surface area contributed by atoms with Gasteiger partial charge in [-0.25, -0.2) is 12.7 Å². The second-order valence-electron chi connectivity index (χ2n) is 6.34. The highest BCUT2D eigenvalue weighted by molar-refractivity contribution is 7.89. The molecule has 2 unspecified atom stereocenters. The van der Waals surface area contributed by atoms with Crippen molar-refractivity contribution in [3.63, 3.8) is 0 Å². The van der Waals surface area contributed by atoms with Crippen LogP contribution in [0.3, 0.4) is 0 Å². The molecule has 1 fully saturated rings. The van der Waals surface area contributed by atoms with Gasteiger partial charge in [-0.3, -0.25) is 4.79 Å². The summed E-state index contributed by atoms with van der Waals surface area (Å²) in [6.07, 6.45) is 1.76. The van der Waals surface area contributed by atoms with Crippen LogP contribution in [0.2, 0.25) is 0 Å². The van der Waals surface area contributed by atoms with Gasteiger partial charge in [0.2, 0.25) is 10.0 Å². The number of hydrogen-bond donors (Lipinski definition) is 1. The van der Waals surface area contributed by atoms with Crippen molar-refractivity contribution < 1.29 is 17.6 Å². The lowest BCUT2D eigenvalue weighted by molar-refractivity contribution is 0.0540. The van der Waals surface area contributed by atoms with Crippen molar-refractivity contribution in [3.8, 4) is 0 Å². The van der Waals surface area contributed by atoms with Crippen molar-refractivity contribution in [2.75, 3.05) is 27.2 Å². The summed E-state index contributed by atoms with van der Waals surface area (Å²) in [5.41, 5.74) is 5.79. The van der Waals surface area contributed by atoms with Gasteiger partial charge in [0.25, 0.3) is 5.91 Å². The van der Waals surface area contributed by atoms with E-state index < -0.39 is 10.0 Å². The van der Waals surface area contributed by atoms with Crippen LogP contribution >= 0.6 is 12.4 Å². The molecule has 2 atom stereocenters. The first-order valence-corrected chi connectivity index (χ1v) is 9.16. The van der Waals surface area contributed by atoms with Gasteiger partial charge in [0, 0.05) is 39.3 Å². The fourth-order valence-corrected chi connectivity index (χ4v) is 3.96. The summed E-state index contributed by atoms with van der Waals surface area (Å²) in [5, 5.41) is 0. The van der Waals surface area contributed by atoms with Crippen molar-refractivity contribution in [2.24, 2.45) is 11.7 Å². The minimum absolute atomic E-state index is 0. The van der Waals surface area contributed by atoms with E-state index in [1.165, 1.54) is 20.2 Å². The number of hydrogen-bond acceptors (Lipinski definition) is 5. The van der Waals surface area contributed by atoms with Gasteiger partial charge in [0.1, 0.15) is 10.7 Å². The summed E-state index contributed by atoms with van der Waals surface area (Å²) in [7, 11) is -0.746. The highest BCUT2D eigenvalue weighted by atomic mass is 35.5. The molecule has 0 spiro atoms. The fourth-order valence-electron chi connectivity index (χ4n) is 2.91. The molecule has 7 nitrogen and oxygen atoms in total. The first kappa shape index (κ1) is 21.0. The number of likely N-dealkylation sites (tertiary alicyclic amines) is 1. The lowest BCUT2D eigenvalue weighted by atomic mass is 9.92. The first-order valence-electron chi connectivity index (χ1n) is 7.72. The molecular formula is C15H26ClN3O4S. The molecule has 1 saturated heterocycles. The van der Waals surface area contributed by atoms with Crippen LogP contribution in [0.25, 0.3) is 0 Å². The molecule has 0 saturated carbocycles. The van der Waals surface area contributed by atoms with Crippen LogP contribution in [-0.4, -0.2) is 56.8 Å². The maximum atomic E-state index is 12.7. The van der Waals surface area contributed by atoms with E-state index in [2.05, 4.69) is 6.92 Å². The van der Waals surface area contributed by atoms with Gasteiger partial charge in [0.15, 0.2) is 5.76 Å². The lowest BCUT2D eigenvalue weighted by Gasteiger charge is -2.37. The molecule has 0 bridgehead atoms. The lowest BCUT2D eigenvalue weighted by Crippen LogP contribution is -2.49. The fraction of sp³-hybridized carbons (Fsp3) is 0.667. The molecule has 2 heterocycles. The highest BCUT2D eigenvalue weighted by Crippen LogP contribution is 2.27. The van der Waals surface area contributed by atoms with E-state index in [0.717, 1.165) is 17.1 Å². The number of piperidine rings is 1. The Balaban J connectivity index is 0.00000288. The molecule has 1 aromatic rings. The Morgan fingerprint density at radius 3 is 2.62 bits per heavy atom. The van der Waals surface area contributed by atoms with Gasteiger partial charge < -0.3 is 15.1 Å². The number of aryl methyl sites for hydroxylation is 1. The summed E-state index contributed by atoms with van der Waals surface area (Å²) in [5.74, 6) is 0.499. The van der Waals surface area contributed by atoms with E-state index in [4.69, 9.17) is 10.2 Å². The van der Waals surface area contributed by atoms with Crippen molar-refractivity contribution in [2.45, 2.75) is 37.6 Å². The number of carbonyl (C=O) groups is 1. The van der Waals surface area contributed by atoms with Gasteiger partial charge in [-0.1, -0.05) is 6.92 Å². The molecule has 1 aromatic heterocycles. The van der Waals surface area contributed by atoms with Gasteiger partial charge >= 0.3 is 0 Å². The predicted molar refractivity (Wildman–Crippen MR) is 93.8 cm³/mol. The summed E-state index contributed by atoms with van der Waals surface area (Å²) in [6.45, 7) is 4.69. The smallest absolute Gasteiger partial charge is 0.289 e. The normalized spacial score (nSPS) is 21.7. The molecular weight excluding hydrogens is 354 g/mol. The SMILES string of the molecule is Cc1oc(C(=O)N2CCC(C)CC2CN)cc1S(=O)(=O)N(C)C.Cl. The van der Waals surface area contributed by atoms with E-state index in [0.29, 0.717) is 19.0 Å². The number of sulfonamides is 1. The van der Waals surface area contributed by atoms with E-state index in [-0.39, 0.29) is 40.8 Å². The number of nitrogens with two attached hydrogens (primary N) is 1. The molecule has 0 aromatic carbocycles. The Labute approximate surface area is 149 Å². The summed E-state index contributed by atoms with van der Waals surface area (Å²) in [6, 6.07) is 1.28. The number of nitrogens with zero attached hydrogens (tertiary/aromatic N) is 2. The van der Waals surface area contributed by atoms with Gasteiger partial charge in [-0.2, -0.15) is 0 Å². The van der Waals surface area contributed by atoms with Crippen LogP contribution in [0.1, 0.15) is 36.1 Å². The number of rotatable bonds is 4. The first-order chi connectivity index (χ1) is 10.7. The predicted octanol–water partition coefficient (Wildman–Crippen LogP) is 1.46. The second kappa shape index (κ2) is 7.86. The van der Waals surface area contributed by atoms with Crippen LogP contribution in [0, 0.1) is 12.8 Å². The third kappa shape index (κ3) is 3.93. The van der Waals surface area contributed by atoms with Gasteiger partial charge in [0.05, 0.1) is 0 Å². The minimum atomic E-state index is -3.63. The Bertz CT molecular complexity index is 687. The van der Waals surface area contributed by atoms with E-state index in [9.17, 15) is 13.2 Å². The monoisotopic (exact) mass is 379 g/mol. The Hall–Kier alpha value is -1.09. The maximum Gasteiger partial charge on any atom is 0.289 e. The molecule has 2 rings (SSSR count). The molecule has 24 heavy (non-hydrogen) atoms. The van der Waals surface area contributed by atoms with E-state index in [1.807, 2.05) is 0 Å². The topological polar surface area (TPSA) is 96.8 Å². The maximum absolute atomic E-state index is 12.7. The summed E-state index contributed by atoms with van der Waals surface area (Å²) in [4.78, 5) is 14.4. The molecule has 1 aliphatic heterocycles. The highest BCUT2D eigenvalue weighted by Gasteiger charge is 2.33. The Morgan fingerprint density at radius 2 is 2.08 bits per heavy atom. The second-order valence-corrected chi connectivity index (χ2v) is 8.46. The van der Waals surface area contributed by atoms with Crippen molar-refractivity contribution in [1.29, 1.82) is 0 Å². The van der Waals surface area contributed by atoms with Crippen LogP contribution < -0.4 is 5.73 Å². The van der Waals surface area contributed by atoms with Crippen molar-refractivity contribution in [1.82, 2.24) is 9.21 Å². The molecule has 9 heteroatoms. The minimum Gasteiger partial charge on any atom is -0.455 e. The number of carbonyl (C=O) groups excluding carboxylic acids is 1. The third-order valence-electron chi connectivity index (χ3n) is 4.35. The van der Waals surface area contributed by atoms with Crippen LogP contribution in [0.4, 0.5) is 0 Å². The van der Waals surface area contributed by atoms with Gasteiger partial charge in [-0.15, -0.1) is 12.4 Å². The van der Waals surface area contributed by atoms with Crippen LogP contribution in [-0.2, 0) is 10.0 Å². The molecule has 1 amide bonds.